The van der Waals surface area contributed by atoms with Crippen molar-refractivity contribution >= 4 is 34.2 Å². The SMILES string of the molecule is CC(C)(C)CCNC(=O)CCc1cc2cc(-c3ccccc3CCc3ccc(NC(=O)c4ccc(F)cc4)cn3)ccc2nc1N. The topological polar surface area (TPSA) is 110 Å². The van der Waals surface area contributed by atoms with E-state index in [4.69, 9.17) is 5.73 Å². The third-order valence-corrected chi connectivity index (χ3v) is 7.91. The minimum atomic E-state index is -0.388. The van der Waals surface area contributed by atoms with Gasteiger partial charge in [0.05, 0.1) is 17.4 Å². The largest absolute Gasteiger partial charge is 0.383 e. The van der Waals surface area contributed by atoms with Crippen LogP contribution in [0.2, 0.25) is 0 Å². The standard InChI is InChI=1S/C38H40FN5O2/c1-38(2,3)20-21-41-35(45)19-12-28-23-29-22-27(11-18-34(29)44-36(28)40)33-7-5-4-6-25(33)10-15-31-16-17-32(24-42-31)43-37(46)26-8-13-30(39)14-9-26/h4-9,11,13-14,16-18,22-24H,10,12,15,19-21H2,1-3H3,(H2,40,44)(H,41,45)(H,43,46). The highest BCUT2D eigenvalue weighted by molar-refractivity contribution is 6.04. The number of aryl methyl sites for hydroxylation is 3. The number of halogens is 1. The lowest BCUT2D eigenvalue weighted by Crippen LogP contribution is -2.27. The van der Waals surface area contributed by atoms with Gasteiger partial charge >= 0.3 is 0 Å². The molecule has 236 valence electrons. The summed E-state index contributed by atoms with van der Waals surface area (Å²) in [5.74, 6) is -0.232. The summed E-state index contributed by atoms with van der Waals surface area (Å²) in [5, 5.41) is 6.79. The van der Waals surface area contributed by atoms with Crippen LogP contribution in [0.1, 0.15) is 60.8 Å². The van der Waals surface area contributed by atoms with Gasteiger partial charge in [-0.3, -0.25) is 14.6 Å². The van der Waals surface area contributed by atoms with Crippen LogP contribution >= 0.6 is 0 Å². The number of aromatic nitrogens is 2. The molecule has 2 heterocycles. The van der Waals surface area contributed by atoms with Gasteiger partial charge in [-0.2, -0.15) is 0 Å². The van der Waals surface area contributed by atoms with Crippen LogP contribution in [-0.4, -0.2) is 28.3 Å². The summed E-state index contributed by atoms with van der Waals surface area (Å²) < 4.78 is 13.2. The number of amides is 2. The number of nitrogens with one attached hydrogen (secondary N) is 2. The molecule has 2 amide bonds. The number of carbonyl (C=O) groups is 2. The first-order valence-electron chi connectivity index (χ1n) is 15.6. The van der Waals surface area contributed by atoms with Crippen LogP contribution in [0.25, 0.3) is 22.0 Å². The van der Waals surface area contributed by atoms with Crippen molar-refractivity contribution in [3.63, 3.8) is 0 Å². The number of hydrogen-bond donors (Lipinski definition) is 3. The number of nitrogen functional groups attached to an aromatic ring is 1. The molecule has 2 aromatic heterocycles. The molecule has 5 aromatic rings. The lowest BCUT2D eigenvalue weighted by molar-refractivity contribution is -0.121. The summed E-state index contributed by atoms with van der Waals surface area (Å²) >= 11 is 0. The maximum absolute atomic E-state index is 13.2. The number of hydrogen-bond acceptors (Lipinski definition) is 5. The van der Waals surface area contributed by atoms with E-state index in [9.17, 15) is 14.0 Å². The lowest BCUT2D eigenvalue weighted by Gasteiger charge is -2.18. The average Bonchev–Trinajstić information content (AvgIpc) is 3.03. The van der Waals surface area contributed by atoms with Gasteiger partial charge < -0.3 is 16.4 Å². The predicted octanol–water partition coefficient (Wildman–Crippen LogP) is 7.54. The molecule has 0 radical (unpaired) electrons. The van der Waals surface area contributed by atoms with Crippen LogP contribution in [0.4, 0.5) is 15.9 Å². The van der Waals surface area contributed by atoms with Crippen molar-refractivity contribution in [2.75, 3.05) is 17.6 Å². The second-order valence-corrected chi connectivity index (χ2v) is 12.8. The summed E-state index contributed by atoms with van der Waals surface area (Å²) in [4.78, 5) is 34.1. The highest BCUT2D eigenvalue weighted by Crippen LogP contribution is 2.29. The number of carbonyl (C=O) groups excluding carboxylic acids is 2. The van der Waals surface area contributed by atoms with Crippen LogP contribution in [-0.2, 0) is 24.1 Å². The second-order valence-electron chi connectivity index (χ2n) is 12.8. The molecule has 5 rings (SSSR count). The first-order valence-corrected chi connectivity index (χ1v) is 15.6. The number of fused-ring (bicyclic) bond motifs is 1. The highest BCUT2D eigenvalue weighted by Gasteiger charge is 2.13. The zero-order chi connectivity index (χ0) is 32.7. The molecule has 4 N–H and O–H groups in total. The number of benzene rings is 3. The third-order valence-electron chi connectivity index (χ3n) is 7.91. The molecule has 0 aliphatic heterocycles. The summed E-state index contributed by atoms with van der Waals surface area (Å²) in [6, 6.07) is 25.7. The zero-order valence-electron chi connectivity index (χ0n) is 26.6. The zero-order valence-corrected chi connectivity index (χ0v) is 26.6. The predicted molar refractivity (Wildman–Crippen MR) is 183 cm³/mol. The Hall–Kier alpha value is -5.11. The lowest BCUT2D eigenvalue weighted by atomic mass is 9.92. The third kappa shape index (κ3) is 8.75. The van der Waals surface area contributed by atoms with Crippen LogP contribution < -0.4 is 16.4 Å². The van der Waals surface area contributed by atoms with E-state index in [-0.39, 0.29) is 23.0 Å². The molecule has 0 saturated heterocycles. The normalized spacial score (nSPS) is 11.4. The van der Waals surface area contributed by atoms with Crippen molar-refractivity contribution in [2.24, 2.45) is 5.41 Å². The molecule has 8 heteroatoms. The van der Waals surface area contributed by atoms with Gasteiger partial charge in [0.15, 0.2) is 0 Å². The maximum atomic E-state index is 13.2. The number of nitrogens with two attached hydrogens (primary N) is 1. The van der Waals surface area contributed by atoms with Gasteiger partial charge in [0.2, 0.25) is 5.91 Å². The van der Waals surface area contributed by atoms with Gasteiger partial charge in [-0.15, -0.1) is 0 Å². The van der Waals surface area contributed by atoms with Crippen molar-refractivity contribution in [2.45, 2.75) is 52.9 Å². The molecule has 0 spiro atoms. The number of anilines is 2. The number of pyridine rings is 2. The Morgan fingerprint density at radius 1 is 0.870 bits per heavy atom. The minimum Gasteiger partial charge on any atom is -0.383 e. The Morgan fingerprint density at radius 3 is 2.39 bits per heavy atom. The van der Waals surface area contributed by atoms with Crippen molar-refractivity contribution in [3.8, 4) is 11.1 Å². The molecule has 0 fully saturated rings. The molecule has 46 heavy (non-hydrogen) atoms. The van der Waals surface area contributed by atoms with Gasteiger partial charge in [0.25, 0.3) is 5.91 Å². The second kappa shape index (κ2) is 14.3. The summed E-state index contributed by atoms with van der Waals surface area (Å²) in [5.41, 5.74) is 13.4. The molecule has 0 atom stereocenters. The molecule has 0 aliphatic rings. The van der Waals surface area contributed by atoms with Crippen molar-refractivity contribution in [1.29, 1.82) is 0 Å². The maximum Gasteiger partial charge on any atom is 0.255 e. The highest BCUT2D eigenvalue weighted by atomic mass is 19.1. The van der Waals surface area contributed by atoms with Crippen LogP contribution in [0.5, 0.6) is 0 Å². The van der Waals surface area contributed by atoms with Crippen molar-refractivity contribution in [1.82, 2.24) is 15.3 Å². The van der Waals surface area contributed by atoms with Crippen LogP contribution in [0, 0.1) is 11.2 Å². The van der Waals surface area contributed by atoms with Crippen molar-refractivity contribution < 1.29 is 14.0 Å². The number of nitrogens with zero attached hydrogens (tertiary/aromatic N) is 2. The van der Waals surface area contributed by atoms with Crippen LogP contribution in [0.3, 0.4) is 0 Å². The monoisotopic (exact) mass is 617 g/mol. The average molecular weight is 618 g/mol. The van der Waals surface area contributed by atoms with E-state index >= 15 is 0 Å². The Morgan fingerprint density at radius 2 is 1.65 bits per heavy atom. The van der Waals surface area contributed by atoms with E-state index in [1.807, 2.05) is 36.4 Å². The van der Waals surface area contributed by atoms with Crippen LogP contribution in [0.15, 0.2) is 91.1 Å². The van der Waals surface area contributed by atoms with Crippen molar-refractivity contribution in [3.05, 3.63) is 119 Å². The molecule has 0 aliphatic carbocycles. The Balaban J connectivity index is 1.24. The summed E-state index contributed by atoms with van der Waals surface area (Å²) in [6.07, 6.45) is 4.94. The fraction of sp³-hybridized carbons (Fsp3) is 0.263. The smallest absolute Gasteiger partial charge is 0.255 e. The first-order chi connectivity index (χ1) is 22.0. The first kappa shape index (κ1) is 32.3. The van der Waals surface area contributed by atoms with E-state index in [1.54, 1.807) is 6.20 Å². The molecule has 0 bridgehead atoms. The summed E-state index contributed by atoms with van der Waals surface area (Å²) in [6.45, 7) is 7.14. The Labute approximate surface area is 269 Å². The van der Waals surface area contributed by atoms with Gasteiger partial charge in [-0.05, 0) is 108 Å². The van der Waals surface area contributed by atoms with Gasteiger partial charge in [0.1, 0.15) is 11.6 Å². The summed E-state index contributed by atoms with van der Waals surface area (Å²) in [7, 11) is 0. The quantitative estimate of drug-likeness (QED) is 0.142. The molecule has 0 saturated carbocycles. The molecule has 7 nitrogen and oxygen atoms in total. The van der Waals surface area contributed by atoms with Gasteiger partial charge in [0, 0.05) is 29.6 Å². The molecular formula is C38H40FN5O2. The van der Waals surface area contributed by atoms with E-state index in [0.29, 0.717) is 36.5 Å². The van der Waals surface area contributed by atoms with Gasteiger partial charge in [-0.25, -0.2) is 9.37 Å². The Bertz CT molecular complexity index is 1830. The van der Waals surface area contributed by atoms with E-state index in [1.165, 1.54) is 29.8 Å². The number of rotatable bonds is 11. The van der Waals surface area contributed by atoms with E-state index in [2.05, 4.69) is 65.6 Å². The Kier molecular flexibility index (Phi) is 10.1. The van der Waals surface area contributed by atoms with E-state index < -0.39 is 0 Å². The molecule has 3 aromatic carbocycles. The van der Waals surface area contributed by atoms with Gasteiger partial charge in [-0.1, -0.05) is 51.1 Å². The fourth-order valence-electron chi connectivity index (χ4n) is 5.25. The fourth-order valence-corrected chi connectivity index (χ4v) is 5.25. The molecular weight excluding hydrogens is 577 g/mol. The minimum absolute atomic E-state index is 0.0188. The molecule has 0 unspecified atom stereocenters. The van der Waals surface area contributed by atoms with E-state index in [0.717, 1.165) is 52.5 Å².